The van der Waals surface area contributed by atoms with Crippen molar-refractivity contribution in [1.29, 1.82) is 0 Å². The lowest BCUT2D eigenvalue weighted by Gasteiger charge is -2.29. The molecule has 2 atom stereocenters. The van der Waals surface area contributed by atoms with E-state index in [1.165, 1.54) is 0 Å². The molecule has 0 unspecified atom stereocenters. The molecule has 24 heavy (non-hydrogen) atoms. The highest BCUT2D eigenvalue weighted by molar-refractivity contribution is 5.73. The Morgan fingerprint density at radius 3 is 2.54 bits per heavy atom. The first-order valence-corrected chi connectivity index (χ1v) is 8.53. The summed E-state index contributed by atoms with van der Waals surface area (Å²) in [7, 11) is 0. The number of benzene rings is 1. The molecule has 1 saturated carbocycles. The molecule has 1 aliphatic rings. The van der Waals surface area contributed by atoms with Gasteiger partial charge in [-0.1, -0.05) is 36.8 Å². The van der Waals surface area contributed by atoms with Crippen LogP contribution in [-0.2, 0) is 20.9 Å². The van der Waals surface area contributed by atoms with Crippen LogP contribution in [0.1, 0.15) is 52.0 Å². The van der Waals surface area contributed by atoms with Gasteiger partial charge in [-0.15, -0.1) is 0 Å². The number of amides is 1. The van der Waals surface area contributed by atoms with Gasteiger partial charge in [-0.3, -0.25) is 4.79 Å². The topological polar surface area (TPSA) is 64.6 Å². The van der Waals surface area contributed by atoms with E-state index in [0.717, 1.165) is 24.8 Å². The third-order valence-corrected chi connectivity index (χ3v) is 3.95. The van der Waals surface area contributed by atoms with Crippen LogP contribution in [0.25, 0.3) is 0 Å². The van der Waals surface area contributed by atoms with Gasteiger partial charge in [0.2, 0.25) is 0 Å². The zero-order valence-corrected chi connectivity index (χ0v) is 14.7. The quantitative estimate of drug-likeness (QED) is 0.851. The lowest BCUT2D eigenvalue weighted by molar-refractivity contribution is -0.151. The summed E-state index contributed by atoms with van der Waals surface area (Å²) in [6.45, 7) is 5.78. The van der Waals surface area contributed by atoms with Crippen LogP contribution in [0.15, 0.2) is 30.3 Å². The van der Waals surface area contributed by atoms with E-state index in [1.807, 2.05) is 51.1 Å². The van der Waals surface area contributed by atoms with Crippen molar-refractivity contribution >= 4 is 12.1 Å². The van der Waals surface area contributed by atoms with Crippen LogP contribution in [0.5, 0.6) is 0 Å². The second-order valence-electron chi connectivity index (χ2n) is 7.30. The van der Waals surface area contributed by atoms with Crippen molar-refractivity contribution in [3.8, 4) is 0 Å². The van der Waals surface area contributed by atoms with Gasteiger partial charge in [0.05, 0.1) is 5.92 Å². The van der Waals surface area contributed by atoms with E-state index >= 15 is 0 Å². The third-order valence-electron chi connectivity index (χ3n) is 3.95. The fourth-order valence-corrected chi connectivity index (χ4v) is 2.86. The zero-order chi connectivity index (χ0) is 17.6. The minimum Gasteiger partial charge on any atom is -0.461 e. The fourth-order valence-electron chi connectivity index (χ4n) is 2.86. The molecule has 1 fully saturated rings. The zero-order valence-electron chi connectivity index (χ0n) is 14.7. The van der Waals surface area contributed by atoms with Gasteiger partial charge in [0, 0.05) is 6.04 Å². The Kier molecular flexibility index (Phi) is 6.23. The summed E-state index contributed by atoms with van der Waals surface area (Å²) in [5.41, 5.74) is 0.456. The van der Waals surface area contributed by atoms with Crippen LogP contribution < -0.4 is 5.32 Å². The monoisotopic (exact) mass is 333 g/mol. The van der Waals surface area contributed by atoms with Gasteiger partial charge >= 0.3 is 12.1 Å². The highest BCUT2D eigenvalue weighted by Gasteiger charge is 2.30. The second kappa shape index (κ2) is 8.18. The Bertz CT molecular complexity index is 550. The summed E-state index contributed by atoms with van der Waals surface area (Å²) in [6, 6.07) is 9.60. The van der Waals surface area contributed by atoms with E-state index < -0.39 is 11.7 Å². The Balaban J connectivity index is 1.79. The number of esters is 1. The predicted octanol–water partition coefficient (Wildman–Crippen LogP) is 3.81. The van der Waals surface area contributed by atoms with E-state index in [-0.39, 0.29) is 17.9 Å². The molecule has 0 heterocycles. The highest BCUT2D eigenvalue weighted by Crippen LogP contribution is 2.26. The first-order chi connectivity index (χ1) is 11.3. The van der Waals surface area contributed by atoms with Crippen molar-refractivity contribution in [3.63, 3.8) is 0 Å². The SMILES string of the molecule is CC(C)(C)OC(=O)N[C@H]1CCC[C@@H](C(=O)OCc2ccccc2)C1. The predicted molar refractivity (Wildman–Crippen MR) is 91.4 cm³/mol. The van der Waals surface area contributed by atoms with Gasteiger partial charge in [-0.2, -0.15) is 0 Å². The third kappa shape index (κ3) is 6.22. The van der Waals surface area contributed by atoms with Crippen LogP contribution in [0.3, 0.4) is 0 Å². The number of carbonyl (C=O) groups excluding carboxylic acids is 2. The van der Waals surface area contributed by atoms with Crippen LogP contribution in [-0.4, -0.2) is 23.7 Å². The maximum absolute atomic E-state index is 12.3. The molecule has 132 valence electrons. The first-order valence-electron chi connectivity index (χ1n) is 8.53. The van der Waals surface area contributed by atoms with Crippen molar-refractivity contribution in [3.05, 3.63) is 35.9 Å². The van der Waals surface area contributed by atoms with E-state index in [2.05, 4.69) is 5.32 Å². The smallest absolute Gasteiger partial charge is 0.407 e. The summed E-state index contributed by atoms with van der Waals surface area (Å²) in [5.74, 6) is -0.350. The molecule has 1 amide bonds. The molecule has 0 aromatic heterocycles. The molecule has 1 aromatic carbocycles. The van der Waals surface area contributed by atoms with Crippen LogP contribution in [0.4, 0.5) is 4.79 Å². The molecule has 0 radical (unpaired) electrons. The van der Waals surface area contributed by atoms with Crippen molar-refractivity contribution in [2.45, 2.75) is 64.7 Å². The average Bonchev–Trinajstić information content (AvgIpc) is 2.52. The molecule has 0 spiro atoms. The Morgan fingerprint density at radius 1 is 1.17 bits per heavy atom. The van der Waals surface area contributed by atoms with Crippen molar-refractivity contribution in [2.24, 2.45) is 5.92 Å². The minimum atomic E-state index is -0.521. The molecule has 1 aromatic rings. The Hall–Kier alpha value is -2.04. The molecular formula is C19H27NO4. The van der Waals surface area contributed by atoms with Crippen molar-refractivity contribution in [1.82, 2.24) is 5.32 Å². The summed E-state index contributed by atoms with van der Waals surface area (Å²) in [5, 5.41) is 2.87. The summed E-state index contributed by atoms with van der Waals surface area (Å²) < 4.78 is 10.7. The highest BCUT2D eigenvalue weighted by atomic mass is 16.6. The largest absolute Gasteiger partial charge is 0.461 e. The maximum Gasteiger partial charge on any atom is 0.407 e. The number of hydrogen-bond acceptors (Lipinski definition) is 4. The van der Waals surface area contributed by atoms with Crippen molar-refractivity contribution < 1.29 is 19.1 Å². The second-order valence-corrected chi connectivity index (χ2v) is 7.30. The molecule has 0 saturated heterocycles. The van der Waals surface area contributed by atoms with Gasteiger partial charge in [-0.25, -0.2) is 4.79 Å². The van der Waals surface area contributed by atoms with Gasteiger partial charge in [0.25, 0.3) is 0 Å². The first kappa shape index (κ1) is 18.3. The molecule has 0 bridgehead atoms. The number of rotatable bonds is 4. The molecule has 2 rings (SSSR count). The number of carbonyl (C=O) groups is 2. The van der Waals surface area contributed by atoms with E-state index in [1.54, 1.807) is 0 Å². The molecular weight excluding hydrogens is 306 g/mol. The summed E-state index contributed by atoms with van der Waals surface area (Å²) in [4.78, 5) is 24.1. The van der Waals surface area contributed by atoms with Gasteiger partial charge in [0.1, 0.15) is 12.2 Å². The number of alkyl carbamates (subject to hydrolysis) is 1. The maximum atomic E-state index is 12.3. The Labute approximate surface area is 143 Å². The number of nitrogens with one attached hydrogen (secondary N) is 1. The van der Waals surface area contributed by atoms with Gasteiger partial charge in [0.15, 0.2) is 0 Å². The van der Waals surface area contributed by atoms with Gasteiger partial charge in [-0.05, 0) is 45.6 Å². The lowest BCUT2D eigenvalue weighted by atomic mass is 9.86. The van der Waals surface area contributed by atoms with E-state index in [4.69, 9.17) is 9.47 Å². The van der Waals surface area contributed by atoms with E-state index in [0.29, 0.717) is 13.0 Å². The lowest BCUT2D eigenvalue weighted by Crippen LogP contribution is -2.42. The summed E-state index contributed by atoms with van der Waals surface area (Å²) in [6.07, 6.45) is 2.74. The molecule has 1 aliphatic carbocycles. The van der Waals surface area contributed by atoms with E-state index in [9.17, 15) is 9.59 Å². The summed E-state index contributed by atoms with van der Waals surface area (Å²) >= 11 is 0. The van der Waals surface area contributed by atoms with Crippen molar-refractivity contribution in [2.75, 3.05) is 0 Å². The normalized spacial score (nSPS) is 21.0. The molecule has 5 nitrogen and oxygen atoms in total. The standard InChI is InChI=1S/C19H27NO4/c1-19(2,3)24-18(22)20-16-11-7-10-15(12-16)17(21)23-13-14-8-5-4-6-9-14/h4-6,8-9,15-16H,7,10-13H2,1-3H3,(H,20,22)/t15-,16+/m1/s1. The van der Waals surface area contributed by atoms with Crippen LogP contribution >= 0.6 is 0 Å². The number of hydrogen-bond donors (Lipinski definition) is 1. The van der Waals surface area contributed by atoms with Crippen LogP contribution in [0, 0.1) is 5.92 Å². The van der Waals surface area contributed by atoms with Crippen LogP contribution in [0.2, 0.25) is 0 Å². The molecule has 0 aliphatic heterocycles. The van der Waals surface area contributed by atoms with Gasteiger partial charge < -0.3 is 14.8 Å². The fraction of sp³-hybridized carbons (Fsp3) is 0.579. The number of ether oxygens (including phenoxy) is 2. The molecule has 5 heteroatoms. The minimum absolute atomic E-state index is 0.0390. The molecule has 1 N–H and O–H groups in total. The Morgan fingerprint density at radius 2 is 1.88 bits per heavy atom. The average molecular weight is 333 g/mol.